The first kappa shape index (κ1) is 90.1. The van der Waals surface area contributed by atoms with Crippen LogP contribution >= 0.6 is 15.6 Å². The molecule has 0 aromatic rings. The topological polar surface area (TPSA) is 237 Å². The van der Waals surface area contributed by atoms with Gasteiger partial charge in [-0.25, -0.2) is 9.13 Å². The van der Waals surface area contributed by atoms with Crippen molar-refractivity contribution in [2.75, 3.05) is 39.6 Å². The van der Waals surface area contributed by atoms with Crippen LogP contribution in [0.4, 0.5) is 0 Å². The van der Waals surface area contributed by atoms with E-state index in [1.165, 1.54) is 193 Å². The summed E-state index contributed by atoms with van der Waals surface area (Å²) in [6.45, 7) is 7.22. The predicted octanol–water partition coefficient (Wildman–Crippen LogP) is 21.3. The molecule has 3 N–H and O–H groups in total. The smallest absolute Gasteiger partial charge is 0.462 e. The molecule has 0 aromatic carbocycles. The fraction of sp³-hybridized carbons (Fsp3) is 0.945. The van der Waals surface area contributed by atoms with E-state index in [2.05, 4.69) is 34.6 Å². The minimum absolute atomic E-state index is 0.105. The Kier molecular flexibility index (Phi) is 64.9. The van der Waals surface area contributed by atoms with Gasteiger partial charge in [0.2, 0.25) is 0 Å². The third-order valence-corrected chi connectivity index (χ3v) is 19.3. The molecule has 0 aliphatic heterocycles. The van der Waals surface area contributed by atoms with Gasteiger partial charge in [-0.15, -0.1) is 0 Å². The first-order valence-electron chi connectivity index (χ1n) is 38.2. The largest absolute Gasteiger partial charge is 0.472 e. The Bertz CT molecular complexity index is 1770. The summed E-state index contributed by atoms with van der Waals surface area (Å²) in [5.74, 6) is -1.35. The molecule has 6 atom stereocenters. The van der Waals surface area contributed by atoms with Crippen LogP contribution in [0.3, 0.4) is 0 Å². The molecule has 3 unspecified atom stereocenters. The zero-order valence-electron chi connectivity index (χ0n) is 59.7. The lowest BCUT2D eigenvalue weighted by atomic mass is 9.99. The Balaban J connectivity index is 5.17. The van der Waals surface area contributed by atoms with Gasteiger partial charge >= 0.3 is 39.5 Å². The summed E-state index contributed by atoms with van der Waals surface area (Å²) < 4.78 is 68.3. The zero-order valence-corrected chi connectivity index (χ0v) is 61.5. The lowest BCUT2D eigenvalue weighted by Gasteiger charge is -2.21. The highest BCUT2D eigenvalue weighted by Gasteiger charge is 2.30. The molecule has 0 spiro atoms. The molecular formula is C73H142O17P2. The molecule has 0 rings (SSSR count). The molecule has 0 fully saturated rings. The Morgan fingerprint density at radius 3 is 0.772 bits per heavy atom. The van der Waals surface area contributed by atoms with Crippen molar-refractivity contribution in [2.24, 2.45) is 5.92 Å². The van der Waals surface area contributed by atoms with E-state index >= 15 is 0 Å². The Morgan fingerprint density at radius 1 is 0.304 bits per heavy atom. The lowest BCUT2D eigenvalue weighted by molar-refractivity contribution is -0.161. The van der Waals surface area contributed by atoms with Crippen LogP contribution in [0.2, 0.25) is 0 Å². The van der Waals surface area contributed by atoms with Gasteiger partial charge in [-0.2, -0.15) is 0 Å². The van der Waals surface area contributed by atoms with Crippen LogP contribution in [0.15, 0.2) is 0 Å². The van der Waals surface area contributed by atoms with Gasteiger partial charge in [0.25, 0.3) is 0 Å². The van der Waals surface area contributed by atoms with Crippen molar-refractivity contribution in [3.8, 4) is 0 Å². The first-order chi connectivity index (χ1) is 44.6. The van der Waals surface area contributed by atoms with Crippen molar-refractivity contribution >= 4 is 39.5 Å². The highest BCUT2D eigenvalue weighted by molar-refractivity contribution is 7.47. The summed E-state index contributed by atoms with van der Waals surface area (Å²) in [4.78, 5) is 72.5. The average Bonchev–Trinajstić information content (AvgIpc) is 1.82. The molecule has 0 aromatic heterocycles. The van der Waals surface area contributed by atoms with Crippen LogP contribution in [0, 0.1) is 5.92 Å². The van der Waals surface area contributed by atoms with E-state index in [1.54, 1.807) is 0 Å². The van der Waals surface area contributed by atoms with Crippen LogP contribution in [-0.2, 0) is 65.4 Å². The summed E-state index contributed by atoms with van der Waals surface area (Å²) in [6, 6.07) is 0. The molecule has 0 saturated carbocycles. The number of unbranched alkanes of at least 4 members (excludes halogenated alkanes) is 44. The summed E-state index contributed by atoms with van der Waals surface area (Å²) in [6.07, 6.45) is 54.2. The maximum atomic E-state index is 13.0. The van der Waals surface area contributed by atoms with Gasteiger partial charge in [-0.1, -0.05) is 330 Å². The Labute approximate surface area is 562 Å². The molecule has 546 valence electrons. The molecule has 0 amide bonds. The quantitative estimate of drug-likeness (QED) is 0.0222. The summed E-state index contributed by atoms with van der Waals surface area (Å²) in [5, 5.41) is 10.6. The van der Waals surface area contributed by atoms with Crippen LogP contribution in [-0.4, -0.2) is 96.7 Å². The van der Waals surface area contributed by atoms with Gasteiger partial charge in [0.15, 0.2) is 12.2 Å². The van der Waals surface area contributed by atoms with E-state index in [4.69, 9.17) is 37.0 Å². The van der Waals surface area contributed by atoms with E-state index in [0.29, 0.717) is 25.7 Å². The van der Waals surface area contributed by atoms with E-state index in [1.807, 2.05) is 0 Å². The fourth-order valence-electron chi connectivity index (χ4n) is 11.1. The van der Waals surface area contributed by atoms with Crippen molar-refractivity contribution in [1.29, 1.82) is 0 Å². The second kappa shape index (κ2) is 66.3. The number of esters is 4. The Hall–Kier alpha value is -1.94. The fourth-order valence-corrected chi connectivity index (χ4v) is 12.7. The molecular weight excluding hydrogens is 1210 g/mol. The molecule has 0 radical (unpaired) electrons. The second-order valence-electron chi connectivity index (χ2n) is 26.6. The maximum Gasteiger partial charge on any atom is 0.472 e. The highest BCUT2D eigenvalue weighted by Crippen LogP contribution is 2.45. The molecule has 0 aliphatic carbocycles. The third-order valence-electron chi connectivity index (χ3n) is 17.4. The maximum absolute atomic E-state index is 13.0. The summed E-state index contributed by atoms with van der Waals surface area (Å²) in [7, 11) is -9.90. The van der Waals surface area contributed by atoms with Crippen LogP contribution in [0.1, 0.15) is 381 Å². The number of phosphoric acid groups is 2. The van der Waals surface area contributed by atoms with Crippen molar-refractivity contribution in [1.82, 2.24) is 0 Å². The Morgan fingerprint density at radius 2 is 0.522 bits per heavy atom. The number of aliphatic hydroxyl groups is 1. The van der Waals surface area contributed by atoms with Gasteiger partial charge in [0.05, 0.1) is 26.4 Å². The van der Waals surface area contributed by atoms with Gasteiger partial charge in [-0.05, 0) is 31.6 Å². The molecule has 19 heteroatoms. The number of aliphatic hydroxyl groups excluding tert-OH is 1. The zero-order chi connectivity index (χ0) is 67.7. The molecule has 17 nitrogen and oxygen atoms in total. The standard InChI is InChI=1S/C73H142O17P2/c1-6-10-13-16-19-21-23-25-26-27-28-29-30-31-33-35-37-43-48-53-58-72(77)89-69(63-84-71(76)57-52-47-42-36-34-32-24-22-20-17-14-11-7-2)65-88-92(81,82)86-61-67(74)60-85-91(79,80)87-64-68(62-83-70(75)56-51-46-40-18-15-12-8-3)90-73(78)59-54-49-44-39-38-41-45-50-55-66(5)9-4/h66-69,74H,6-65H2,1-5H3,(H,79,80)(H,81,82)/t66?,67-,68+,69+/m0/s1. The second-order valence-corrected chi connectivity index (χ2v) is 29.5. The monoisotopic (exact) mass is 1350 g/mol. The summed E-state index contributed by atoms with van der Waals surface area (Å²) in [5.41, 5.74) is 0. The van der Waals surface area contributed by atoms with Crippen molar-refractivity contribution < 1.29 is 80.2 Å². The number of hydrogen-bond acceptors (Lipinski definition) is 15. The number of hydrogen-bond donors (Lipinski definition) is 3. The lowest BCUT2D eigenvalue weighted by Crippen LogP contribution is -2.30. The van der Waals surface area contributed by atoms with Gasteiger partial charge in [0.1, 0.15) is 19.3 Å². The number of rotatable bonds is 73. The van der Waals surface area contributed by atoms with Gasteiger partial charge in [0, 0.05) is 25.7 Å². The minimum atomic E-state index is -4.95. The van der Waals surface area contributed by atoms with Crippen LogP contribution < -0.4 is 0 Å². The normalized spacial score (nSPS) is 14.3. The average molecular weight is 1350 g/mol. The first-order valence-corrected chi connectivity index (χ1v) is 41.2. The molecule has 0 aliphatic rings. The van der Waals surface area contributed by atoms with Gasteiger partial charge in [-0.3, -0.25) is 37.3 Å². The van der Waals surface area contributed by atoms with Crippen LogP contribution in [0.25, 0.3) is 0 Å². The highest BCUT2D eigenvalue weighted by atomic mass is 31.2. The molecule has 0 heterocycles. The number of carbonyl (C=O) groups is 4. The third kappa shape index (κ3) is 65.4. The predicted molar refractivity (Wildman–Crippen MR) is 372 cm³/mol. The number of ether oxygens (including phenoxy) is 4. The van der Waals surface area contributed by atoms with Crippen LogP contribution in [0.5, 0.6) is 0 Å². The van der Waals surface area contributed by atoms with Crippen molar-refractivity contribution in [2.45, 2.75) is 400 Å². The number of carbonyl (C=O) groups excluding carboxylic acids is 4. The minimum Gasteiger partial charge on any atom is -0.462 e. The molecule has 92 heavy (non-hydrogen) atoms. The molecule has 0 saturated heterocycles. The summed E-state index contributed by atoms with van der Waals surface area (Å²) >= 11 is 0. The van der Waals surface area contributed by atoms with E-state index in [-0.39, 0.29) is 25.7 Å². The van der Waals surface area contributed by atoms with E-state index < -0.39 is 97.5 Å². The van der Waals surface area contributed by atoms with Crippen molar-refractivity contribution in [3.63, 3.8) is 0 Å². The number of phosphoric ester groups is 2. The SMILES string of the molecule is CCCCCCCCCCCCCCCCCCCCCCC(=O)O[C@H](COC(=O)CCCCCCCCCCCCCCC)COP(=O)(O)OC[C@@H](O)COP(=O)(O)OC[C@@H](COC(=O)CCCCCCCCC)OC(=O)CCCCCCCCCCC(C)CC. The van der Waals surface area contributed by atoms with E-state index in [0.717, 1.165) is 109 Å². The van der Waals surface area contributed by atoms with Crippen molar-refractivity contribution in [3.05, 3.63) is 0 Å². The molecule has 0 bridgehead atoms. The van der Waals surface area contributed by atoms with E-state index in [9.17, 15) is 43.2 Å². The van der Waals surface area contributed by atoms with Gasteiger partial charge < -0.3 is 33.8 Å².